The zero-order valence-corrected chi connectivity index (χ0v) is 17.1. The van der Waals surface area contributed by atoms with Crippen LogP contribution in [-0.4, -0.2) is 31.0 Å². The van der Waals surface area contributed by atoms with Gasteiger partial charge >= 0.3 is 0 Å². The third kappa shape index (κ3) is 2.76. The van der Waals surface area contributed by atoms with Crippen molar-refractivity contribution in [3.8, 4) is 0 Å². The van der Waals surface area contributed by atoms with Crippen molar-refractivity contribution in [1.29, 1.82) is 0 Å². The Hall–Kier alpha value is -2.20. The molecule has 152 valence electrons. The predicted octanol–water partition coefficient (Wildman–Crippen LogP) is 4.71. The summed E-state index contributed by atoms with van der Waals surface area (Å²) >= 11 is 0. The first-order valence-electron chi connectivity index (χ1n) is 11.1. The van der Waals surface area contributed by atoms with E-state index in [1.165, 1.54) is 35.4 Å². The minimum Gasteiger partial charge on any atom is -0.364 e. The number of para-hydroxylation sites is 1. The molecule has 4 heteroatoms. The molecule has 3 atom stereocenters. The summed E-state index contributed by atoms with van der Waals surface area (Å²) in [7, 11) is 0. The van der Waals surface area contributed by atoms with Crippen LogP contribution < -0.4 is 10.2 Å². The zero-order chi connectivity index (χ0) is 20.0. The number of halogens is 1. The van der Waals surface area contributed by atoms with Gasteiger partial charge in [-0.3, -0.25) is 4.79 Å². The molecule has 0 spiro atoms. The molecule has 2 aromatic rings. The van der Waals surface area contributed by atoms with E-state index in [1.54, 1.807) is 12.1 Å². The predicted molar refractivity (Wildman–Crippen MR) is 114 cm³/mol. The maximum Gasteiger partial charge on any atom is 0.168 e. The summed E-state index contributed by atoms with van der Waals surface area (Å²) in [5.74, 6) is 0.0907. The van der Waals surface area contributed by atoms with Crippen LogP contribution in [0, 0.1) is 11.7 Å². The van der Waals surface area contributed by atoms with Crippen LogP contribution in [0.25, 0.3) is 0 Å². The number of piperidine rings is 1. The topological polar surface area (TPSA) is 32.3 Å². The van der Waals surface area contributed by atoms with E-state index in [0.717, 1.165) is 45.3 Å². The highest BCUT2D eigenvalue weighted by Crippen LogP contribution is 2.57. The number of nitrogens with one attached hydrogen (secondary N) is 1. The lowest BCUT2D eigenvalue weighted by Crippen LogP contribution is -2.62. The number of benzene rings is 2. The van der Waals surface area contributed by atoms with Gasteiger partial charge in [-0.2, -0.15) is 0 Å². The van der Waals surface area contributed by atoms with E-state index in [-0.39, 0.29) is 23.1 Å². The Balaban J connectivity index is 1.65. The molecular weight excluding hydrogens is 363 g/mol. The molecule has 0 saturated carbocycles. The molecule has 3 nitrogen and oxygen atoms in total. The van der Waals surface area contributed by atoms with Crippen molar-refractivity contribution in [2.75, 3.05) is 24.5 Å². The van der Waals surface area contributed by atoms with Crippen molar-refractivity contribution in [2.24, 2.45) is 5.92 Å². The minimum absolute atomic E-state index is 0.0987. The van der Waals surface area contributed by atoms with Gasteiger partial charge in [0, 0.05) is 36.2 Å². The summed E-state index contributed by atoms with van der Waals surface area (Å²) in [6, 6.07) is 12.9. The quantitative estimate of drug-likeness (QED) is 0.765. The molecule has 2 aromatic carbocycles. The lowest BCUT2D eigenvalue weighted by molar-refractivity contribution is 0.0778. The average Bonchev–Trinajstić information content (AvgIpc) is 2.87. The molecule has 0 aliphatic carbocycles. The molecule has 1 fully saturated rings. The molecule has 3 aliphatic rings. The number of anilines is 1. The fourth-order valence-corrected chi connectivity index (χ4v) is 6.31. The number of carbonyl (C=O) groups is 1. The van der Waals surface area contributed by atoms with Crippen LogP contribution in [0.5, 0.6) is 0 Å². The lowest BCUT2D eigenvalue weighted by atomic mass is 9.65. The van der Waals surface area contributed by atoms with Crippen LogP contribution in [0.15, 0.2) is 42.5 Å². The Morgan fingerprint density at radius 1 is 1.24 bits per heavy atom. The summed E-state index contributed by atoms with van der Waals surface area (Å²) in [6.45, 7) is 5.01. The van der Waals surface area contributed by atoms with E-state index in [1.807, 2.05) is 0 Å². The Labute approximate surface area is 172 Å². The number of hydrogen-bond acceptors (Lipinski definition) is 3. The van der Waals surface area contributed by atoms with E-state index in [9.17, 15) is 9.18 Å². The molecule has 3 heterocycles. The van der Waals surface area contributed by atoms with Gasteiger partial charge < -0.3 is 10.2 Å². The van der Waals surface area contributed by atoms with Gasteiger partial charge in [-0.05, 0) is 74.0 Å². The number of fused-ring (bicyclic) bond motifs is 3. The highest BCUT2D eigenvalue weighted by molar-refractivity contribution is 5.99. The van der Waals surface area contributed by atoms with Crippen molar-refractivity contribution < 1.29 is 9.18 Å². The zero-order valence-electron chi connectivity index (χ0n) is 17.1. The molecule has 29 heavy (non-hydrogen) atoms. The third-order valence-corrected chi connectivity index (χ3v) is 7.49. The van der Waals surface area contributed by atoms with E-state index in [2.05, 4.69) is 35.3 Å². The third-order valence-electron chi connectivity index (χ3n) is 7.49. The maximum absolute atomic E-state index is 13.8. The molecule has 0 bridgehead atoms. The lowest BCUT2D eigenvalue weighted by Gasteiger charge is -2.51. The largest absolute Gasteiger partial charge is 0.364 e. The number of Topliss-reactive ketones (excluding diaryl/α,β-unsaturated/α-hetero) is 1. The number of hydrogen-bond donors (Lipinski definition) is 1. The van der Waals surface area contributed by atoms with Crippen molar-refractivity contribution in [1.82, 2.24) is 5.32 Å². The number of carbonyl (C=O) groups excluding carboxylic acids is 1. The Morgan fingerprint density at radius 3 is 2.86 bits per heavy atom. The molecule has 3 aliphatic heterocycles. The average molecular weight is 393 g/mol. The molecule has 5 rings (SSSR count). The van der Waals surface area contributed by atoms with Crippen molar-refractivity contribution >= 4 is 11.5 Å². The van der Waals surface area contributed by atoms with Crippen molar-refractivity contribution in [3.63, 3.8) is 0 Å². The van der Waals surface area contributed by atoms with E-state index in [4.69, 9.17) is 0 Å². The first-order valence-corrected chi connectivity index (χ1v) is 11.1. The van der Waals surface area contributed by atoms with Gasteiger partial charge in [-0.1, -0.05) is 25.1 Å². The molecule has 1 unspecified atom stereocenters. The first kappa shape index (κ1) is 18.8. The van der Waals surface area contributed by atoms with Crippen molar-refractivity contribution in [2.45, 2.75) is 50.5 Å². The SMILES string of the molecule is CCC(C(=O)c1ccc(F)cc1)[C@]12CCNC[C@H]1c1cccc3c1N2CCCC3. The van der Waals surface area contributed by atoms with Gasteiger partial charge in [0.1, 0.15) is 5.82 Å². The smallest absolute Gasteiger partial charge is 0.168 e. The monoisotopic (exact) mass is 392 g/mol. The standard InChI is InChI=1S/C25H29FN2O/c1-2-21(24(29)18-9-11-19(26)12-10-18)25-13-14-27-16-22(25)20-8-5-7-17-6-3-4-15-28(25)23(17)20/h5,7-12,21-22,27H,2-4,6,13-16H2,1H3/t21?,22-,25+/m0/s1. The van der Waals surface area contributed by atoms with E-state index >= 15 is 0 Å². The summed E-state index contributed by atoms with van der Waals surface area (Å²) < 4.78 is 13.5. The normalized spacial score (nSPS) is 26.4. The van der Waals surface area contributed by atoms with Crippen LogP contribution >= 0.6 is 0 Å². The van der Waals surface area contributed by atoms with Crippen LogP contribution in [0.2, 0.25) is 0 Å². The number of ketones is 1. The Kier molecular flexibility index (Phi) is 4.70. The summed E-state index contributed by atoms with van der Waals surface area (Å²) in [5, 5.41) is 3.60. The molecule has 0 radical (unpaired) electrons. The fraction of sp³-hybridized carbons (Fsp3) is 0.480. The molecule has 0 amide bonds. The number of nitrogens with zero attached hydrogens (tertiary/aromatic N) is 1. The van der Waals surface area contributed by atoms with Gasteiger partial charge in [0.05, 0.1) is 5.54 Å². The molecular formula is C25H29FN2O. The Morgan fingerprint density at radius 2 is 2.07 bits per heavy atom. The number of aryl methyl sites for hydroxylation is 1. The van der Waals surface area contributed by atoms with E-state index < -0.39 is 0 Å². The minimum atomic E-state index is -0.294. The van der Waals surface area contributed by atoms with Crippen LogP contribution in [-0.2, 0) is 6.42 Å². The highest BCUT2D eigenvalue weighted by atomic mass is 19.1. The molecule has 0 aromatic heterocycles. The Bertz CT molecular complexity index is 925. The summed E-state index contributed by atoms with van der Waals surface area (Å²) in [4.78, 5) is 16.4. The van der Waals surface area contributed by atoms with Gasteiger partial charge in [0.2, 0.25) is 0 Å². The van der Waals surface area contributed by atoms with E-state index in [0.29, 0.717) is 11.5 Å². The second-order valence-corrected chi connectivity index (χ2v) is 8.79. The van der Waals surface area contributed by atoms with Crippen LogP contribution in [0.1, 0.15) is 60.0 Å². The van der Waals surface area contributed by atoms with Crippen LogP contribution in [0.4, 0.5) is 10.1 Å². The fourth-order valence-electron chi connectivity index (χ4n) is 6.31. The van der Waals surface area contributed by atoms with Gasteiger partial charge in [-0.15, -0.1) is 0 Å². The van der Waals surface area contributed by atoms with Crippen LogP contribution in [0.3, 0.4) is 0 Å². The highest BCUT2D eigenvalue weighted by Gasteiger charge is 2.58. The summed E-state index contributed by atoms with van der Waals surface area (Å²) in [5.41, 5.74) is 4.72. The molecule has 1 N–H and O–H groups in total. The van der Waals surface area contributed by atoms with Crippen molar-refractivity contribution in [3.05, 3.63) is 65.0 Å². The second-order valence-electron chi connectivity index (χ2n) is 8.79. The van der Waals surface area contributed by atoms with Gasteiger partial charge in [0.25, 0.3) is 0 Å². The molecule has 1 saturated heterocycles. The number of rotatable bonds is 4. The maximum atomic E-state index is 13.8. The first-order chi connectivity index (χ1) is 14.2. The summed E-state index contributed by atoms with van der Waals surface area (Å²) in [6.07, 6.45) is 5.26. The second kappa shape index (κ2) is 7.24. The van der Waals surface area contributed by atoms with Gasteiger partial charge in [-0.25, -0.2) is 4.39 Å². The van der Waals surface area contributed by atoms with Gasteiger partial charge in [0.15, 0.2) is 5.78 Å².